The maximum atomic E-state index is 12.4. The molecule has 3 N–H and O–H groups in total. The average Bonchev–Trinajstić information content (AvgIpc) is 2.96. The van der Waals surface area contributed by atoms with E-state index in [0.29, 0.717) is 6.54 Å². The fourth-order valence-corrected chi connectivity index (χ4v) is 3.57. The van der Waals surface area contributed by atoms with E-state index < -0.39 is 0 Å². The van der Waals surface area contributed by atoms with Crippen LogP contribution in [0.3, 0.4) is 0 Å². The Morgan fingerprint density at radius 1 is 1.22 bits per heavy atom. The molecular weight excluding hydrogens is 304 g/mol. The molecule has 1 amide bonds. The van der Waals surface area contributed by atoms with Gasteiger partial charge in [0.1, 0.15) is 0 Å². The topological polar surface area (TPSA) is 55.1 Å². The Hall–Kier alpha value is -2.17. The van der Waals surface area contributed by atoms with Gasteiger partial charge in [-0.1, -0.05) is 36.4 Å². The number of thiophene rings is 1. The van der Waals surface area contributed by atoms with Gasteiger partial charge >= 0.3 is 0 Å². The van der Waals surface area contributed by atoms with E-state index in [2.05, 4.69) is 18.3 Å². The van der Waals surface area contributed by atoms with E-state index in [4.69, 9.17) is 5.73 Å². The summed E-state index contributed by atoms with van der Waals surface area (Å²) in [5.74, 6) is -0.0311. The molecular formula is C19H20N2OS. The molecule has 0 radical (unpaired) electrons. The fraction of sp³-hybridized carbons (Fsp3) is 0.211. The molecule has 0 fully saturated rings. The normalized spacial score (nSPS) is 12.3. The molecule has 0 aliphatic carbocycles. The van der Waals surface area contributed by atoms with E-state index in [-0.39, 0.29) is 11.9 Å². The molecule has 1 atom stereocenters. The predicted molar refractivity (Wildman–Crippen MR) is 96.8 cm³/mol. The van der Waals surface area contributed by atoms with E-state index in [1.807, 2.05) is 48.7 Å². The van der Waals surface area contributed by atoms with Crippen LogP contribution >= 0.6 is 11.3 Å². The molecule has 0 spiro atoms. The van der Waals surface area contributed by atoms with Gasteiger partial charge in [0.05, 0.1) is 5.56 Å². The Labute approximate surface area is 140 Å². The van der Waals surface area contributed by atoms with Crippen LogP contribution in [-0.2, 0) is 6.54 Å². The predicted octanol–water partition coefficient (Wildman–Crippen LogP) is 4.16. The summed E-state index contributed by atoms with van der Waals surface area (Å²) >= 11 is 1.61. The quantitative estimate of drug-likeness (QED) is 0.757. The van der Waals surface area contributed by atoms with Crippen molar-refractivity contribution in [1.29, 1.82) is 0 Å². The first-order chi connectivity index (χ1) is 11.0. The Morgan fingerprint density at radius 3 is 2.65 bits per heavy atom. The van der Waals surface area contributed by atoms with Crippen molar-refractivity contribution < 1.29 is 4.79 Å². The highest BCUT2D eigenvalue weighted by Crippen LogP contribution is 2.26. The molecule has 3 rings (SSSR count). The van der Waals surface area contributed by atoms with Crippen LogP contribution in [0.5, 0.6) is 0 Å². The molecule has 118 valence electrons. The number of rotatable bonds is 4. The first-order valence-corrected chi connectivity index (χ1v) is 8.53. The lowest BCUT2D eigenvalue weighted by Gasteiger charge is -2.08. The number of benzene rings is 2. The van der Waals surface area contributed by atoms with Gasteiger partial charge in [-0.15, -0.1) is 11.3 Å². The van der Waals surface area contributed by atoms with Crippen molar-refractivity contribution in [2.24, 2.45) is 5.73 Å². The van der Waals surface area contributed by atoms with Gasteiger partial charge in [0.25, 0.3) is 5.91 Å². The second-order valence-electron chi connectivity index (χ2n) is 5.86. The van der Waals surface area contributed by atoms with E-state index in [0.717, 1.165) is 26.8 Å². The summed E-state index contributed by atoms with van der Waals surface area (Å²) in [5.41, 5.74) is 9.97. The van der Waals surface area contributed by atoms with Gasteiger partial charge in [-0.2, -0.15) is 0 Å². The number of carbonyl (C=O) groups is 1. The highest BCUT2D eigenvalue weighted by molar-refractivity contribution is 7.17. The smallest absolute Gasteiger partial charge is 0.253 e. The minimum atomic E-state index is -0.0311. The Balaban J connectivity index is 1.71. The summed E-state index contributed by atoms with van der Waals surface area (Å²) in [5, 5.41) is 5.94. The molecule has 0 aliphatic rings. The largest absolute Gasteiger partial charge is 0.348 e. The second-order valence-corrected chi connectivity index (χ2v) is 6.77. The van der Waals surface area contributed by atoms with Crippen LogP contribution in [0, 0.1) is 6.92 Å². The van der Waals surface area contributed by atoms with Gasteiger partial charge < -0.3 is 11.1 Å². The Kier molecular flexibility index (Phi) is 4.46. The van der Waals surface area contributed by atoms with Gasteiger partial charge in [-0.05, 0) is 36.6 Å². The highest BCUT2D eigenvalue weighted by Gasteiger charge is 2.12. The molecule has 1 unspecified atom stereocenters. The number of hydrogen-bond acceptors (Lipinski definition) is 3. The molecule has 0 saturated heterocycles. The number of amides is 1. The molecule has 1 aromatic heterocycles. The van der Waals surface area contributed by atoms with Crippen molar-refractivity contribution in [2.45, 2.75) is 26.4 Å². The second kappa shape index (κ2) is 6.52. The van der Waals surface area contributed by atoms with Crippen LogP contribution in [0.4, 0.5) is 0 Å². The third-order valence-corrected chi connectivity index (χ3v) is 4.88. The van der Waals surface area contributed by atoms with Crippen LogP contribution < -0.4 is 11.1 Å². The molecule has 0 aliphatic heterocycles. The summed E-state index contributed by atoms with van der Waals surface area (Å²) in [6.45, 7) is 4.53. The van der Waals surface area contributed by atoms with Crippen molar-refractivity contribution in [1.82, 2.24) is 5.32 Å². The fourth-order valence-electron chi connectivity index (χ4n) is 2.53. The van der Waals surface area contributed by atoms with Gasteiger partial charge in [-0.25, -0.2) is 0 Å². The zero-order valence-electron chi connectivity index (χ0n) is 13.3. The molecule has 4 heteroatoms. The minimum absolute atomic E-state index is 0.0271. The van der Waals surface area contributed by atoms with E-state index >= 15 is 0 Å². The molecule has 3 nitrogen and oxygen atoms in total. The first-order valence-electron chi connectivity index (χ1n) is 7.65. The van der Waals surface area contributed by atoms with Gasteiger partial charge in [-0.3, -0.25) is 4.79 Å². The summed E-state index contributed by atoms with van der Waals surface area (Å²) in [7, 11) is 0. The first kappa shape index (κ1) is 15.7. The van der Waals surface area contributed by atoms with E-state index in [1.165, 1.54) is 5.56 Å². The van der Waals surface area contributed by atoms with Crippen molar-refractivity contribution >= 4 is 27.3 Å². The van der Waals surface area contributed by atoms with Gasteiger partial charge in [0.2, 0.25) is 0 Å². The van der Waals surface area contributed by atoms with Gasteiger partial charge in [0, 0.05) is 28.1 Å². The summed E-state index contributed by atoms with van der Waals surface area (Å²) < 4.78 is 1.15. The van der Waals surface area contributed by atoms with Crippen LogP contribution in [0.1, 0.15) is 40.0 Å². The number of carbonyl (C=O) groups excluding carboxylic acids is 1. The maximum absolute atomic E-state index is 12.4. The monoisotopic (exact) mass is 324 g/mol. The maximum Gasteiger partial charge on any atom is 0.253 e. The number of fused-ring (bicyclic) bond motifs is 1. The summed E-state index contributed by atoms with van der Waals surface area (Å²) in [4.78, 5) is 12.4. The third kappa shape index (κ3) is 3.44. The van der Waals surface area contributed by atoms with Crippen LogP contribution in [0.2, 0.25) is 0 Å². The van der Waals surface area contributed by atoms with E-state index in [1.54, 1.807) is 11.3 Å². The van der Waals surface area contributed by atoms with E-state index in [9.17, 15) is 4.79 Å². The summed E-state index contributed by atoms with van der Waals surface area (Å²) in [6, 6.07) is 14.2. The molecule has 0 saturated carbocycles. The number of aryl methyl sites for hydroxylation is 1. The third-order valence-electron chi connectivity index (χ3n) is 3.93. The number of nitrogens with two attached hydrogens (primary N) is 1. The summed E-state index contributed by atoms with van der Waals surface area (Å²) in [6.07, 6.45) is 0. The molecule has 23 heavy (non-hydrogen) atoms. The van der Waals surface area contributed by atoms with Crippen molar-refractivity contribution in [2.75, 3.05) is 0 Å². The Morgan fingerprint density at radius 2 is 1.96 bits per heavy atom. The molecule has 0 bridgehead atoms. The van der Waals surface area contributed by atoms with Crippen molar-refractivity contribution in [3.63, 3.8) is 0 Å². The molecule has 1 heterocycles. The van der Waals surface area contributed by atoms with Crippen LogP contribution in [0.15, 0.2) is 47.8 Å². The van der Waals surface area contributed by atoms with Crippen LogP contribution in [0.25, 0.3) is 10.1 Å². The minimum Gasteiger partial charge on any atom is -0.348 e. The SMILES string of the molecule is Cc1ccc2c(C(=O)NCc3ccc(C(C)N)cc3)csc2c1. The number of nitrogens with one attached hydrogen (secondary N) is 1. The van der Waals surface area contributed by atoms with Crippen molar-refractivity contribution in [3.05, 3.63) is 70.1 Å². The standard InChI is InChI=1S/C19H20N2OS/c1-12-3-8-16-17(11-23-18(16)9-12)19(22)21-10-14-4-6-15(7-5-14)13(2)20/h3-9,11,13H,10,20H2,1-2H3,(H,21,22). The lowest BCUT2D eigenvalue weighted by molar-refractivity contribution is 0.0953. The van der Waals surface area contributed by atoms with Crippen molar-refractivity contribution in [3.8, 4) is 0 Å². The van der Waals surface area contributed by atoms with Gasteiger partial charge in [0.15, 0.2) is 0 Å². The zero-order chi connectivity index (χ0) is 16.4. The lowest BCUT2D eigenvalue weighted by Crippen LogP contribution is -2.22. The lowest BCUT2D eigenvalue weighted by atomic mass is 10.1. The molecule has 2 aromatic carbocycles. The van der Waals surface area contributed by atoms with Crippen LogP contribution in [-0.4, -0.2) is 5.91 Å². The molecule has 3 aromatic rings. The number of hydrogen-bond donors (Lipinski definition) is 2. The highest BCUT2D eigenvalue weighted by atomic mass is 32.1. The Bertz CT molecular complexity index is 834. The average molecular weight is 324 g/mol. The zero-order valence-corrected chi connectivity index (χ0v) is 14.1.